The van der Waals surface area contributed by atoms with Crippen LogP contribution in [0.25, 0.3) is 0 Å². The van der Waals surface area contributed by atoms with E-state index in [4.69, 9.17) is 14.2 Å². The minimum Gasteiger partial charge on any atom is -0.373 e. The van der Waals surface area contributed by atoms with Gasteiger partial charge in [-0.05, 0) is 63.4 Å². The van der Waals surface area contributed by atoms with Crippen LogP contribution in [-0.2, 0) is 14.2 Å². The topological polar surface area (TPSA) is 61.8 Å². The lowest BCUT2D eigenvalue weighted by molar-refractivity contribution is -0.163. The molecule has 0 radical (unpaired) electrons. The van der Waals surface area contributed by atoms with Gasteiger partial charge in [-0.25, -0.2) is 0 Å². The quantitative estimate of drug-likeness (QED) is 0.504. The molecule has 0 spiro atoms. The third-order valence-electron chi connectivity index (χ3n) is 7.61. The molecular formula is C26H32O5. The fourth-order valence-electron chi connectivity index (χ4n) is 6.13. The highest BCUT2D eigenvalue weighted by Crippen LogP contribution is 2.54. The summed E-state index contributed by atoms with van der Waals surface area (Å²) in [6.45, 7) is 4.01. The summed E-state index contributed by atoms with van der Waals surface area (Å²) in [6.07, 6.45) is 8.66. The average Bonchev–Trinajstić information content (AvgIpc) is 2.81. The first kappa shape index (κ1) is 21.0. The molecule has 2 aliphatic carbocycles. The normalized spacial score (nSPS) is 35.1. The molecule has 166 valence electrons. The molecule has 0 amide bonds. The Balaban J connectivity index is 1.40. The Bertz CT molecular complexity index is 884. The van der Waals surface area contributed by atoms with E-state index in [-0.39, 0.29) is 35.8 Å². The van der Waals surface area contributed by atoms with Crippen molar-refractivity contribution in [2.75, 3.05) is 19.8 Å². The number of carbonyl (C=O) groups is 2. The molecule has 0 bridgehead atoms. The van der Waals surface area contributed by atoms with Gasteiger partial charge in [0.25, 0.3) is 0 Å². The first-order valence-electron chi connectivity index (χ1n) is 11.8. The molecular weight excluding hydrogens is 392 g/mol. The van der Waals surface area contributed by atoms with Gasteiger partial charge in [0.15, 0.2) is 17.9 Å². The van der Waals surface area contributed by atoms with E-state index in [1.807, 2.05) is 19.1 Å². The Morgan fingerprint density at radius 1 is 1.06 bits per heavy atom. The molecule has 4 aliphatic rings. The maximum Gasteiger partial charge on any atom is 0.173 e. The third-order valence-corrected chi connectivity index (χ3v) is 7.61. The van der Waals surface area contributed by atoms with Crippen LogP contribution in [0.3, 0.4) is 0 Å². The number of benzene rings is 1. The molecule has 31 heavy (non-hydrogen) atoms. The summed E-state index contributed by atoms with van der Waals surface area (Å²) in [4.78, 5) is 27.4. The highest BCUT2D eigenvalue weighted by molar-refractivity contribution is 6.18. The molecule has 5 atom stereocenters. The summed E-state index contributed by atoms with van der Waals surface area (Å²) in [7, 11) is 0. The molecule has 2 fully saturated rings. The zero-order chi connectivity index (χ0) is 21.4. The van der Waals surface area contributed by atoms with Crippen molar-refractivity contribution in [1.82, 2.24) is 0 Å². The number of fused-ring (bicyclic) bond motifs is 4. The number of hydrogen-bond donors (Lipinski definition) is 0. The van der Waals surface area contributed by atoms with Gasteiger partial charge in [0.2, 0.25) is 0 Å². The second-order valence-electron chi connectivity index (χ2n) is 9.57. The van der Waals surface area contributed by atoms with E-state index < -0.39 is 5.41 Å². The van der Waals surface area contributed by atoms with Crippen LogP contribution >= 0.6 is 0 Å². The van der Waals surface area contributed by atoms with Gasteiger partial charge in [-0.15, -0.1) is 0 Å². The average molecular weight is 425 g/mol. The van der Waals surface area contributed by atoms with Gasteiger partial charge in [-0.3, -0.25) is 9.59 Å². The number of ketones is 2. The molecule has 2 heterocycles. The zero-order valence-electron chi connectivity index (χ0n) is 18.3. The fourth-order valence-corrected chi connectivity index (χ4v) is 6.13. The maximum atomic E-state index is 13.8. The lowest BCUT2D eigenvalue weighted by Gasteiger charge is -2.52. The van der Waals surface area contributed by atoms with Crippen molar-refractivity contribution in [3.63, 3.8) is 0 Å². The van der Waals surface area contributed by atoms with Crippen LogP contribution in [0.5, 0.6) is 0 Å². The Labute approximate surface area is 184 Å². The lowest BCUT2D eigenvalue weighted by Crippen LogP contribution is -2.58. The summed E-state index contributed by atoms with van der Waals surface area (Å²) in [5.41, 5.74) is 1.48. The largest absolute Gasteiger partial charge is 0.373 e. The number of ether oxygens (including phenoxy) is 3. The second kappa shape index (κ2) is 8.61. The molecule has 2 aliphatic heterocycles. The first-order valence-corrected chi connectivity index (χ1v) is 11.8. The number of rotatable bonds is 5. The number of Topliss-reactive ketones (excluding diaryl/α,β-unsaturated/α-hetero) is 2. The van der Waals surface area contributed by atoms with Crippen molar-refractivity contribution in [1.29, 1.82) is 0 Å². The Kier molecular flexibility index (Phi) is 5.84. The number of allylic oxidation sites excluding steroid dienone is 1. The van der Waals surface area contributed by atoms with Gasteiger partial charge < -0.3 is 14.2 Å². The molecule has 0 saturated carbocycles. The van der Waals surface area contributed by atoms with Crippen LogP contribution in [-0.4, -0.2) is 43.8 Å². The fraction of sp³-hybridized carbons (Fsp3) is 0.615. The van der Waals surface area contributed by atoms with Crippen molar-refractivity contribution in [3.05, 3.63) is 47.0 Å². The molecule has 2 saturated heterocycles. The van der Waals surface area contributed by atoms with E-state index >= 15 is 0 Å². The summed E-state index contributed by atoms with van der Waals surface area (Å²) in [6, 6.07) is 7.29. The van der Waals surface area contributed by atoms with Crippen LogP contribution in [0.4, 0.5) is 0 Å². The van der Waals surface area contributed by atoms with Crippen LogP contribution in [0, 0.1) is 17.3 Å². The third kappa shape index (κ3) is 3.61. The molecule has 1 unspecified atom stereocenters. The van der Waals surface area contributed by atoms with Gasteiger partial charge >= 0.3 is 0 Å². The van der Waals surface area contributed by atoms with E-state index in [1.54, 1.807) is 12.1 Å². The number of carbonyl (C=O) groups excluding carboxylic acids is 2. The smallest absolute Gasteiger partial charge is 0.173 e. The summed E-state index contributed by atoms with van der Waals surface area (Å²) in [5, 5.41) is 0. The summed E-state index contributed by atoms with van der Waals surface area (Å²) >= 11 is 0. The van der Waals surface area contributed by atoms with Crippen molar-refractivity contribution in [2.24, 2.45) is 17.3 Å². The van der Waals surface area contributed by atoms with E-state index in [0.717, 1.165) is 51.6 Å². The molecule has 5 heteroatoms. The van der Waals surface area contributed by atoms with Crippen LogP contribution < -0.4 is 0 Å². The molecule has 0 aromatic heterocycles. The van der Waals surface area contributed by atoms with Crippen molar-refractivity contribution in [3.8, 4) is 0 Å². The maximum absolute atomic E-state index is 13.8. The van der Waals surface area contributed by atoms with Crippen LogP contribution in [0.1, 0.15) is 72.6 Å². The second-order valence-corrected chi connectivity index (χ2v) is 9.57. The summed E-state index contributed by atoms with van der Waals surface area (Å²) < 4.78 is 17.7. The monoisotopic (exact) mass is 424 g/mol. The lowest BCUT2D eigenvalue weighted by atomic mass is 9.52. The Morgan fingerprint density at radius 2 is 1.87 bits per heavy atom. The van der Waals surface area contributed by atoms with Crippen LogP contribution in [0.15, 0.2) is 35.9 Å². The van der Waals surface area contributed by atoms with Gasteiger partial charge in [0, 0.05) is 36.9 Å². The first-order chi connectivity index (χ1) is 15.1. The molecule has 1 aromatic rings. The van der Waals surface area contributed by atoms with E-state index in [1.165, 1.54) is 5.57 Å². The SMILES string of the molecule is C[C@]12C(=O)c3ccccc3C(=O)[C@H]1[C@@H](CCCOC1CCCCO1)C=C1CCCO[C@H]12. The van der Waals surface area contributed by atoms with Crippen molar-refractivity contribution >= 4 is 11.6 Å². The van der Waals surface area contributed by atoms with Crippen LogP contribution in [0.2, 0.25) is 0 Å². The minimum atomic E-state index is -0.839. The molecule has 5 rings (SSSR count). The minimum absolute atomic E-state index is 0.0265. The molecule has 1 aromatic carbocycles. The highest BCUT2D eigenvalue weighted by atomic mass is 16.7. The predicted molar refractivity (Wildman–Crippen MR) is 116 cm³/mol. The summed E-state index contributed by atoms with van der Waals surface area (Å²) in [5.74, 6) is -0.211. The van der Waals surface area contributed by atoms with Crippen molar-refractivity contribution in [2.45, 2.75) is 64.3 Å². The standard InChI is InChI=1S/C26H32O5/c1-26-22(23(27)19-10-2-3-11-20(19)24(26)28)17(16-18-9-7-15-31-25(18)26)8-6-14-30-21-12-4-5-13-29-21/h2-3,10-11,16-17,21-22,25H,4-9,12-15H2,1H3/t17-,21?,22+,25+,26+/m0/s1. The van der Waals surface area contributed by atoms with E-state index in [0.29, 0.717) is 24.3 Å². The number of hydrogen-bond acceptors (Lipinski definition) is 5. The van der Waals surface area contributed by atoms with E-state index in [2.05, 4.69) is 6.08 Å². The van der Waals surface area contributed by atoms with Crippen molar-refractivity contribution < 1.29 is 23.8 Å². The Hall–Kier alpha value is -1.82. The predicted octanol–water partition coefficient (Wildman–Crippen LogP) is 4.75. The Morgan fingerprint density at radius 3 is 2.68 bits per heavy atom. The zero-order valence-corrected chi connectivity index (χ0v) is 18.3. The van der Waals surface area contributed by atoms with Gasteiger partial charge in [-0.1, -0.05) is 30.3 Å². The van der Waals surface area contributed by atoms with Gasteiger partial charge in [0.1, 0.15) is 0 Å². The van der Waals surface area contributed by atoms with E-state index in [9.17, 15) is 9.59 Å². The highest BCUT2D eigenvalue weighted by Gasteiger charge is 2.60. The molecule has 0 N–H and O–H groups in total. The molecule has 5 nitrogen and oxygen atoms in total. The van der Waals surface area contributed by atoms with Gasteiger partial charge in [-0.2, -0.15) is 0 Å². The van der Waals surface area contributed by atoms with Gasteiger partial charge in [0.05, 0.1) is 11.5 Å².